The number of thiophene rings is 1. The molecule has 0 saturated heterocycles. The molecule has 0 spiro atoms. The van der Waals surface area contributed by atoms with Crippen LogP contribution in [0.4, 0.5) is 0 Å². The predicted octanol–water partition coefficient (Wildman–Crippen LogP) is 4.67. The summed E-state index contributed by atoms with van der Waals surface area (Å²) < 4.78 is 3.44. The SMILES string of the molecule is CCNC(c1ccn(Cc2cc(Br)cs2)c1)C(C)C. The average Bonchev–Trinajstić information content (AvgIpc) is 2.96. The lowest BCUT2D eigenvalue weighted by molar-refractivity contribution is 0.421. The highest BCUT2D eigenvalue weighted by Crippen LogP contribution is 2.24. The number of hydrogen-bond donors (Lipinski definition) is 1. The van der Waals surface area contributed by atoms with Crippen LogP contribution >= 0.6 is 27.3 Å². The highest BCUT2D eigenvalue weighted by Gasteiger charge is 2.15. The van der Waals surface area contributed by atoms with Crippen molar-refractivity contribution in [1.82, 2.24) is 9.88 Å². The highest BCUT2D eigenvalue weighted by molar-refractivity contribution is 9.10. The summed E-state index contributed by atoms with van der Waals surface area (Å²) in [5.41, 5.74) is 1.38. The summed E-state index contributed by atoms with van der Waals surface area (Å²) in [6.07, 6.45) is 4.44. The molecule has 1 unspecified atom stereocenters. The smallest absolute Gasteiger partial charge is 0.0564 e. The molecular formula is C15H21BrN2S. The Morgan fingerprint density at radius 3 is 2.79 bits per heavy atom. The lowest BCUT2D eigenvalue weighted by atomic mass is 9.98. The van der Waals surface area contributed by atoms with Gasteiger partial charge in [0.15, 0.2) is 0 Å². The first-order valence-electron chi connectivity index (χ1n) is 6.72. The van der Waals surface area contributed by atoms with E-state index in [2.05, 4.69) is 76.5 Å². The quantitative estimate of drug-likeness (QED) is 0.808. The normalized spacial score (nSPS) is 13.1. The first-order chi connectivity index (χ1) is 9.10. The molecule has 2 nitrogen and oxygen atoms in total. The van der Waals surface area contributed by atoms with Gasteiger partial charge < -0.3 is 9.88 Å². The molecule has 0 aromatic carbocycles. The van der Waals surface area contributed by atoms with E-state index in [1.165, 1.54) is 14.9 Å². The van der Waals surface area contributed by atoms with Crippen LogP contribution in [0.25, 0.3) is 0 Å². The monoisotopic (exact) mass is 340 g/mol. The molecule has 2 heterocycles. The summed E-state index contributed by atoms with van der Waals surface area (Å²) in [5, 5.41) is 5.70. The fraction of sp³-hybridized carbons (Fsp3) is 0.467. The van der Waals surface area contributed by atoms with Gasteiger partial charge in [0.1, 0.15) is 0 Å². The fourth-order valence-electron chi connectivity index (χ4n) is 2.32. The average molecular weight is 341 g/mol. The maximum Gasteiger partial charge on any atom is 0.0564 e. The van der Waals surface area contributed by atoms with Crippen molar-refractivity contribution in [3.8, 4) is 0 Å². The molecule has 2 aromatic heterocycles. The van der Waals surface area contributed by atoms with Gasteiger partial charge in [-0.05, 0) is 46.1 Å². The Morgan fingerprint density at radius 1 is 1.42 bits per heavy atom. The van der Waals surface area contributed by atoms with Crippen LogP contribution in [0.2, 0.25) is 0 Å². The van der Waals surface area contributed by atoms with E-state index >= 15 is 0 Å². The van der Waals surface area contributed by atoms with Crippen LogP contribution in [0.15, 0.2) is 34.4 Å². The summed E-state index contributed by atoms with van der Waals surface area (Å²) in [6, 6.07) is 4.87. The van der Waals surface area contributed by atoms with E-state index < -0.39 is 0 Å². The van der Waals surface area contributed by atoms with Gasteiger partial charge in [-0.25, -0.2) is 0 Å². The van der Waals surface area contributed by atoms with E-state index in [1.54, 1.807) is 11.3 Å². The lowest BCUT2D eigenvalue weighted by Crippen LogP contribution is -2.25. The zero-order chi connectivity index (χ0) is 13.8. The zero-order valence-corrected chi connectivity index (χ0v) is 14.1. The minimum Gasteiger partial charge on any atom is -0.349 e. The van der Waals surface area contributed by atoms with Crippen molar-refractivity contribution in [3.05, 3.63) is 44.8 Å². The fourth-order valence-corrected chi connectivity index (χ4v) is 3.78. The van der Waals surface area contributed by atoms with Gasteiger partial charge in [-0.2, -0.15) is 0 Å². The summed E-state index contributed by atoms with van der Waals surface area (Å²) in [6.45, 7) is 8.65. The summed E-state index contributed by atoms with van der Waals surface area (Å²) in [7, 11) is 0. The minimum absolute atomic E-state index is 0.446. The molecular weight excluding hydrogens is 320 g/mol. The molecule has 0 aliphatic carbocycles. The van der Waals surface area contributed by atoms with Crippen LogP contribution in [0.1, 0.15) is 37.3 Å². The van der Waals surface area contributed by atoms with Crippen molar-refractivity contribution in [2.75, 3.05) is 6.54 Å². The van der Waals surface area contributed by atoms with E-state index in [0.29, 0.717) is 12.0 Å². The van der Waals surface area contributed by atoms with Gasteiger partial charge >= 0.3 is 0 Å². The highest BCUT2D eigenvalue weighted by atomic mass is 79.9. The van der Waals surface area contributed by atoms with Gasteiger partial charge in [0.2, 0.25) is 0 Å². The van der Waals surface area contributed by atoms with Crippen LogP contribution < -0.4 is 5.32 Å². The van der Waals surface area contributed by atoms with E-state index in [-0.39, 0.29) is 0 Å². The zero-order valence-electron chi connectivity index (χ0n) is 11.7. The van der Waals surface area contributed by atoms with Gasteiger partial charge in [-0.15, -0.1) is 11.3 Å². The Kier molecular flexibility index (Phi) is 5.25. The summed E-state index contributed by atoms with van der Waals surface area (Å²) >= 11 is 5.30. The number of rotatable bonds is 6. The second-order valence-electron chi connectivity index (χ2n) is 5.13. The van der Waals surface area contributed by atoms with Crippen LogP contribution in [-0.4, -0.2) is 11.1 Å². The van der Waals surface area contributed by atoms with Crippen molar-refractivity contribution in [2.24, 2.45) is 5.92 Å². The molecule has 2 rings (SSSR count). The minimum atomic E-state index is 0.446. The molecule has 0 saturated carbocycles. The van der Waals surface area contributed by atoms with Gasteiger partial charge in [0, 0.05) is 33.2 Å². The Labute approximate surface area is 128 Å². The van der Waals surface area contributed by atoms with Crippen LogP contribution in [0.3, 0.4) is 0 Å². The van der Waals surface area contributed by atoms with E-state index in [4.69, 9.17) is 0 Å². The van der Waals surface area contributed by atoms with E-state index in [0.717, 1.165) is 13.1 Å². The molecule has 1 atom stereocenters. The number of nitrogens with zero attached hydrogens (tertiary/aromatic N) is 1. The third-order valence-electron chi connectivity index (χ3n) is 3.18. The first kappa shape index (κ1) is 14.8. The molecule has 0 amide bonds. The third-order valence-corrected chi connectivity index (χ3v) is 4.87. The van der Waals surface area contributed by atoms with Crippen molar-refractivity contribution < 1.29 is 0 Å². The molecule has 2 aromatic rings. The lowest BCUT2D eigenvalue weighted by Gasteiger charge is -2.20. The van der Waals surface area contributed by atoms with E-state index in [9.17, 15) is 0 Å². The maximum absolute atomic E-state index is 3.56. The van der Waals surface area contributed by atoms with Gasteiger partial charge in [0.25, 0.3) is 0 Å². The summed E-state index contributed by atoms with van der Waals surface area (Å²) in [5.74, 6) is 0.603. The molecule has 19 heavy (non-hydrogen) atoms. The molecule has 0 aliphatic heterocycles. The molecule has 0 fully saturated rings. The Bertz CT molecular complexity index is 516. The predicted molar refractivity (Wildman–Crippen MR) is 86.8 cm³/mol. The van der Waals surface area contributed by atoms with Crippen molar-refractivity contribution in [3.63, 3.8) is 0 Å². The molecule has 0 radical (unpaired) electrons. The Hall–Kier alpha value is -0.580. The number of aromatic nitrogens is 1. The number of nitrogens with one attached hydrogen (secondary N) is 1. The largest absolute Gasteiger partial charge is 0.349 e. The first-order valence-corrected chi connectivity index (χ1v) is 8.39. The van der Waals surface area contributed by atoms with Crippen LogP contribution in [0.5, 0.6) is 0 Å². The number of hydrogen-bond acceptors (Lipinski definition) is 2. The van der Waals surface area contributed by atoms with Gasteiger partial charge in [-0.3, -0.25) is 0 Å². The Morgan fingerprint density at radius 2 is 2.21 bits per heavy atom. The van der Waals surface area contributed by atoms with Crippen LogP contribution in [0, 0.1) is 5.92 Å². The van der Waals surface area contributed by atoms with E-state index in [1.807, 2.05) is 0 Å². The maximum atomic E-state index is 3.56. The molecule has 1 N–H and O–H groups in total. The molecule has 0 bridgehead atoms. The van der Waals surface area contributed by atoms with Gasteiger partial charge in [0.05, 0.1) is 6.54 Å². The number of halogens is 1. The third kappa shape index (κ3) is 3.94. The van der Waals surface area contributed by atoms with Crippen LogP contribution in [-0.2, 0) is 6.54 Å². The Balaban J connectivity index is 2.09. The molecule has 0 aliphatic rings. The topological polar surface area (TPSA) is 17.0 Å². The van der Waals surface area contributed by atoms with Gasteiger partial charge in [-0.1, -0.05) is 20.8 Å². The molecule has 4 heteroatoms. The van der Waals surface area contributed by atoms with Crippen molar-refractivity contribution in [2.45, 2.75) is 33.4 Å². The second-order valence-corrected chi connectivity index (χ2v) is 7.04. The van der Waals surface area contributed by atoms with Crippen molar-refractivity contribution >= 4 is 27.3 Å². The standard InChI is InChI=1S/C15H21BrN2S/c1-4-17-15(11(2)3)12-5-6-18(8-12)9-14-7-13(16)10-19-14/h5-8,10-11,15,17H,4,9H2,1-3H3. The second kappa shape index (κ2) is 6.73. The molecule has 104 valence electrons. The summed E-state index contributed by atoms with van der Waals surface area (Å²) in [4.78, 5) is 1.37. The van der Waals surface area contributed by atoms with Crippen molar-refractivity contribution in [1.29, 1.82) is 0 Å².